The fraction of sp³-hybridized carbons (Fsp3) is 0.0667. The van der Waals surface area contributed by atoms with Gasteiger partial charge in [-0.2, -0.15) is 5.10 Å². The summed E-state index contributed by atoms with van der Waals surface area (Å²) in [5.74, 6) is -0.332. The lowest BCUT2D eigenvalue weighted by Crippen LogP contribution is -1.99. The summed E-state index contributed by atoms with van der Waals surface area (Å²) in [6, 6.07) is 13.4. The summed E-state index contributed by atoms with van der Waals surface area (Å²) in [5.41, 5.74) is 4.27. The molecule has 1 heterocycles. The van der Waals surface area contributed by atoms with Crippen LogP contribution in [0.3, 0.4) is 0 Å². The fourth-order valence-electron chi connectivity index (χ4n) is 2.22. The van der Waals surface area contributed by atoms with Crippen LogP contribution >= 0.6 is 0 Å². The van der Waals surface area contributed by atoms with E-state index in [0.717, 1.165) is 22.4 Å². The number of methoxy groups -OCH3 is 1. The SMILES string of the molecule is COC(=O)c1cc(-c2ccn[nH]2)c2cccccc1-2. The van der Waals surface area contributed by atoms with Crippen LogP contribution in [0.2, 0.25) is 0 Å². The van der Waals surface area contributed by atoms with Crippen LogP contribution in [0, 0.1) is 0 Å². The zero-order valence-electron chi connectivity index (χ0n) is 10.4. The van der Waals surface area contributed by atoms with Gasteiger partial charge in [0.15, 0.2) is 0 Å². The number of aromatic nitrogens is 2. The predicted octanol–water partition coefficient (Wildman–Crippen LogP) is 2.97. The van der Waals surface area contributed by atoms with Crippen molar-refractivity contribution in [2.24, 2.45) is 0 Å². The van der Waals surface area contributed by atoms with Crippen LogP contribution in [-0.2, 0) is 4.74 Å². The zero-order chi connectivity index (χ0) is 13.2. The number of carbonyl (C=O) groups is 1. The largest absolute Gasteiger partial charge is 0.465 e. The highest BCUT2D eigenvalue weighted by molar-refractivity contribution is 6.03. The monoisotopic (exact) mass is 252 g/mol. The van der Waals surface area contributed by atoms with Gasteiger partial charge in [-0.15, -0.1) is 0 Å². The molecule has 0 spiro atoms. The molecular formula is C15H12N2O2. The molecule has 0 aromatic carbocycles. The Labute approximate surface area is 110 Å². The number of ether oxygens (including phenoxy) is 1. The van der Waals surface area contributed by atoms with Crippen molar-refractivity contribution in [3.05, 3.63) is 54.2 Å². The van der Waals surface area contributed by atoms with Crippen LogP contribution in [0.4, 0.5) is 0 Å². The van der Waals surface area contributed by atoms with E-state index in [-0.39, 0.29) is 5.97 Å². The third-order valence-corrected chi connectivity index (χ3v) is 3.10. The minimum absolute atomic E-state index is 0.332. The molecule has 0 amide bonds. The Morgan fingerprint density at radius 2 is 1.89 bits per heavy atom. The summed E-state index contributed by atoms with van der Waals surface area (Å²) in [4.78, 5) is 11.9. The number of carbonyl (C=O) groups excluding carboxylic acids is 1. The molecule has 2 aliphatic rings. The van der Waals surface area contributed by atoms with Gasteiger partial charge in [-0.1, -0.05) is 30.3 Å². The van der Waals surface area contributed by atoms with Crippen LogP contribution in [0.5, 0.6) is 0 Å². The van der Waals surface area contributed by atoms with Gasteiger partial charge in [-0.05, 0) is 23.3 Å². The minimum atomic E-state index is -0.332. The average Bonchev–Trinajstić information content (AvgIpc) is 3.00. The Morgan fingerprint density at radius 3 is 2.58 bits per heavy atom. The second kappa shape index (κ2) is 4.57. The first-order chi connectivity index (χ1) is 9.31. The van der Waals surface area contributed by atoms with Crippen molar-refractivity contribution >= 4 is 5.97 Å². The number of esters is 1. The number of nitrogens with one attached hydrogen (secondary N) is 1. The highest BCUT2D eigenvalue weighted by Gasteiger charge is 2.21. The molecule has 1 N–H and O–H groups in total. The van der Waals surface area contributed by atoms with E-state index in [1.165, 1.54) is 7.11 Å². The molecule has 0 saturated heterocycles. The standard InChI is InChI=1S/C15H12N2O2/c1-19-15(18)13-9-12(14-7-8-16-17-14)10-5-3-2-4-6-11(10)13/h2-9H,1H3,(H,16,17). The molecule has 0 radical (unpaired) electrons. The zero-order valence-corrected chi connectivity index (χ0v) is 10.4. The van der Waals surface area contributed by atoms with Gasteiger partial charge in [-0.25, -0.2) is 4.79 Å². The molecular weight excluding hydrogens is 240 g/mol. The van der Waals surface area contributed by atoms with Crippen LogP contribution in [-0.4, -0.2) is 23.3 Å². The van der Waals surface area contributed by atoms with Crippen molar-refractivity contribution in [2.75, 3.05) is 7.11 Å². The van der Waals surface area contributed by atoms with Crippen LogP contribution in [0.15, 0.2) is 48.7 Å². The first-order valence-corrected chi connectivity index (χ1v) is 5.91. The Balaban J connectivity index is 2.28. The number of rotatable bonds is 2. The van der Waals surface area contributed by atoms with E-state index in [4.69, 9.17) is 4.74 Å². The van der Waals surface area contributed by atoms with E-state index < -0.39 is 0 Å². The maximum atomic E-state index is 11.9. The van der Waals surface area contributed by atoms with Gasteiger partial charge in [0.25, 0.3) is 0 Å². The summed E-state index contributed by atoms with van der Waals surface area (Å²) in [5, 5.41) is 6.88. The van der Waals surface area contributed by atoms with Crippen molar-refractivity contribution in [2.45, 2.75) is 0 Å². The van der Waals surface area contributed by atoms with E-state index in [1.807, 2.05) is 42.5 Å². The molecule has 4 nitrogen and oxygen atoms in total. The summed E-state index contributed by atoms with van der Waals surface area (Å²) in [6.45, 7) is 0. The average molecular weight is 252 g/mol. The number of H-pyrrole nitrogens is 1. The quantitative estimate of drug-likeness (QED) is 0.713. The van der Waals surface area contributed by atoms with Gasteiger partial charge in [0, 0.05) is 11.8 Å². The van der Waals surface area contributed by atoms with Crippen molar-refractivity contribution in [1.82, 2.24) is 10.2 Å². The van der Waals surface area contributed by atoms with E-state index in [0.29, 0.717) is 5.56 Å². The van der Waals surface area contributed by atoms with Gasteiger partial charge < -0.3 is 4.74 Å². The Kier molecular flexibility index (Phi) is 2.76. The summed E-state index contributed by atoms with van der Waals surface area (Å²) < 4.78 is 4.84. The summed E-state index contributed by atoms with van der Waals surface area (Å²) >= 11 is 0. The Bertz CT molecular complexity index is 689. The second-order valence-electron chi connectivity index (χ2n) is 4.17. The van der Waals surface area contributed by atoms with E-state index in [2.05, 4.69) is 10.2 Å². The van der Waals surface area contributed by atoms with E-state index in [9.17, 15) is 4.79 Å². The lowest BCUT2D eigenvalue weighted by molar-refractivity contribution is 0.0602. The molecule has 94 valence electrons. The van der Waals surface area contributed by atoms with E-state index in [1.54, 1.807) is 6.20 Å². The highest BCUT2D eigenvalue weighted by Crippen LogP contribution is 2.37. The predicted molar refractivity (Wildman–Crippen MR) is 72.0 cm³/mol. The molecule has 4 heteroatoms. The van der Waals surface area contributed by atoms with Gasteiger partial charge >= 0.3 is 5.97 Å². The summed E-state index contributed by atoms with van der Waals surface area (Å²) in [6.07, 6.45) is 1.69. The summed E-state index contributed by atoms with van der Waals surface area (Å²) in [7, 11) is 1.39. The van der Waals surface area contributed by atoms with Gasteiger partial charge in [-0.3, -0.25) is 5.10 Å². The van der Waals surface area contributed by atoms with Crippen molar-refractivity contribution < 1.29 is 9.53 Å². The molecule has 0 fully saturated rings. The van der Waals surface area contributed by atoms with Gasteiger partial charge in [0.1, 0.15) is 0 Å². The van der Waals surface area contributed by atoms with E-state index >= 15 is 0 Å². The van der Waals surface area contributed by atoms with Crippen LogP contribution in [0.1, 0.15) is 10.4 Å². The maximum Gasteiger partial charge on any atom is 0.338 e. The molecule has 2 aliphatic carbocycles. The van der Waals surface area contributed by atoms with Crippen molar-refractivity contribution in [3.8, 4) is 22.4 Å². The first kappa shape index (κ1) is 11.5. The lowest BCUT2D eigenvalue weighted by Gasteiger charge is -1.99. The smallest absolute Gasteiger partial charge is 0.338 e. The Morgan fingerprint density at radius 1 is 1.11 bits per heavy atom. The highest BCUT2D eigenvalue weighted by atomic mass is 16.5. The number of hydrogen-bond acceptors (Lipinski definition) is 3. The molecule has 3 rings (SSSR count). The normalized spacial score (nSPS) is 10.6. The molecule has 0 aliphatic heterocycles. The maximum absolute atomic E-state index is 11.9. The van der Waals surface area contributed by atoms with Crippen LogP contribution < -0.4 is 0 Å². The van der Waals surface area contributed by atoms with Gasteiger partial charge in [0.05, 0.1) is 18.4 Å². The van der Waals surface area contributed by atoms with Crippen molar-refractivity contribution in [1.29, 1.82) is 0 Å². The number of hydrogen-bond donors (Lipinski definition) is 1. The molecule has 1 aromatic rings. The molecule has 0 bridgehead atoms. The molecule has 0 atom stereocenters. The number of aromatic amines is 1. The van der Waals surface area contributed by atoms with Crippen molar-refractivity contribution in [3.63, 3.8) is 0 Å². The van der Waals surface area contributed by atoms with Gasteiger partial charge in [0.2, 0.25) is 0 Å². The molecule has 0 saturated carbocycles. The number of fused-ring (bicyclic) bond motifs is 1. The number of nitrogens with zero attached hydrogens (tertiary/aromatic N) is 1. The molecule has 1 aromatic heterocycles. The molecule has 0 unspecified atom stereocenters. The topological polar surface area (TPSA) is 55.0 Å². The molecule has 19 heavy (non-hydrogen) atoms. The Hall–Kier alpha value is -2.62. The first-order valence-electron chi connectivity index (χ1n) is 5.91. The fourth-order valence-corrected chi connectivity index (χ4v) is 2.22. The minimum Gasteiger partial charge on any atom is -0.465 e. The third kappa shape index (κ3) is 1.87. The second-order valence-corrected chi connectivity index (χ2v) is 4.17. The van der Waals surface area contributed by atoms with Crippen LogP contribution in [0.25, 0.3) is 22.4 Å². The lowest BCUT2D eigenvalue weighted by atomic mass is 10.1. The third-order valence-electron chi connectivity index (χ3n) is 3.10.